The van der Waals surface area contributed by atoms with Gasteiger partial charge in [-0.15, -0.1) is 12.4 Å². The number of likely N-dealkylation sites (tertiary alicyclic amines) is 1. The molecule has 0 saturated carbocycles. The number of nitrogens with zero attached hydrogens (tertiary/aromatic N) is 1. The zero-order valence-electron chi connectivity index (χ0n) is 13.1. The van der Waals surface area contributed by atoms with E-state index in [-0.39, 0.29) is 31.0 Å². The van der Waals surface area contributed by atoms with Gasteiger partial charge < -0.3 is 20.3 Å². The monoisotopic (exact) mass is 319 g/mol. The van der Waals surface area contributed by atoms with Gasteiger partial charge in [-0.05, 0) is 57.8 Å². The van der Waals surface area contributed by atoms with E-state index in [1.807, 2.05) is 0 Å². The van der Waals surface area contributed by atoms with E-state index in [0.29, 0.717) is 0 Å². The Morgan fingerprint density at radius 3 is 2.57 bits per heavy atom. The molecule has 2 aliphatic rings. The number of carbonyl (C=O) groups excluding carboxylic acids is 1. The molecule has 21 heavy (non-hydrogen) atoms. The Balaban J connectivity index is 0.00000220. The maximum absolute atomic E-state index is 11.7. The lowest BCUT2D eigenvalue weighted by Crippen LogP contribution is -2.40. The van der Waals surface area contributed by atoms with E-state index in [9.17, 15) is 4.79 Å². The molecule has 0 radical (unpaired) electrons. The van der Waals surface area contributed by atoms with E-state index in [4.69, 9.17) is 4.74 Å². The summed E-state index contributed by atoms with van der Waals surface area (Å²) in [5.41, 5.74) is 0. The van der Waals surface area contributed by atoms with Crippen molar-refractivity contribution in [3.63, 3.8) is 0 Å². The van der Waals surface area contributed by atoms with E-state index in [1.165, 1.54) is 25.9 Å². The quantitative estimate of drug-likeness (QED) is 0.767. The van der Waals surface area contributed by atoms with E-state index in [0.717, 1.165) is 44.9 Å². The number of carbonyl (C=O) groups is 1. The van der Waals surface area contributed by atoms with Gasteiger partial charge in [0.05, 0.1) is 6.10 Å². The first-order chi connectivity index (χ1) is 9.74. The number of amides is 1. The molecule has 6 heteroatoms. The molecule has 0 aromatic heterocycles. The van der Waals surface area contributed by atoms with E-state index in [2.05, 4.69) is 22.5 Å². The van der Waals surface area contributed by atoms with E-state index < -0.39 is 0 Å². The van der Waals surface area contributed by atoms with Crippen molar-refractivity contribution in [2.45, 2.75) is 38.7 Å². The molecule has 0 aromatic rings. The summed E-state index contributed by atoms with van der Waals surface area (Å²) in [6.07, 6.45) is 4.85. The molecule has 0 aromatic carbocycles. The van der Waals surface area contributed by atoms with Crippen LogP contribution in [0.4, 0.5) is 0 Å². The molecule has 2 aliphatic heterocycles. The molecular formula is C15H30ClN3O2. The van der Waals surface area contributed by atoms with Gasteiger partial charge in [0.2, 0.25) is 5.91 Å². The maximum atomic E-state index is 11.7. The fourth-order valence-corrected chi connectivity index (χ4v) is 2.85. The van der Waals surface area contributed by atoms with Crippen LogP contribution in [-0.4, -0.2) is 62.8 Å². The van der Waals surface area contributed by atoms with Gasteiger partial charge in [-0.3, -0.25) is 4.79 Å². The molecule has 2 rings (SSSR count). The Bertz CT molecular complexity index is 291. The van der Waals surface area contributed by atoms with Crippen molar-refractivity contribution in [3.8, 4) is 0 Å². The first-order valence-electron chi connectivity index (χ1n) is 8.05. The largest absolute Gasteiger partial charge is 0.368 e. The van der Waals surface area contributed by atoms with Crippen molar-refractivity contribution in [2.24, 2.45) is 5.92 Å². The molecule has 5 nitrogen and oxygen atoms in total. The molecule has 1 amide bonds. The molecule has 2 N–H and O–H groups in total. The minimum absolute atomic E-state index is 0. The summed E-state index contributed by atoms with van der Waals surface area (Å²) in [6.45, 7) is 8.57. The van der Waals surface area contributed by atoms with Gasteiger partial charge >= 0.3 is 0 Å². The Kier molecular flexibility index (Phi) is 9.24. The van der Waals surface area contributed by atoms with Crippen LogP contribution in [-0.2, 0) is 9.53 Å². The Morgan fingerprint density at radius 2 is 1.90 bits per heavy atom. The van der Waals surface area contributed by atoms with Crippen LogP contribution in [0.15, 0.2) is 0 Å². The van der Waals surface area contributed by atoms with Gasteiger partial charge in [-0.1, -0.05) is 6.92 Å². The van der Waals surface area contributed by atoms with Crippen LogP contribution in [0.3, 0.4) is 0 Å². The molecule has 124 valence electrons. The average molecular weight is 320 g/mol. The van der Waals surface area contributed by atoms with Crippen LogP contribution in [0.2, 0.25) is 0 Å². The number of piperidine rings is 2. The number of halogens is 1. The van der Waals surface area contributed by atoms with Crippen LogP contribution < -0.4 is 10.6 Å². The second kappa shape index (κ2) is 10.4. The predicted octanol–water partition coefficient (Wildman–Crippen LogP) is 1.02. The fourth-order valence-electron chi connectivity index (χ4n) is 2.85. The van der Waals surface area contributed by atoms with Crippen LogP contribution >= 0.6 is 12.4 Å². The summed E-state index contributed by atoms with van der Waals surface area (Å²) < 4.78 is 5.64. The number of hydrogen-bond acceptors (Lipinski definition) is 4. The number of rotatable bonds is 6. The average Bonchev–Trinajstić information content (AvgIpc) is 2.48. The molecule has 2 saturated heterocycles. The van der Waals surface area contributed by atoms with Crippen LogP contribution in [0, 0.1) is 5.92 Å². The lowest BCUT2D eigenvalue weighted by atomic mass is 9.99. The normalized spacial score (nSPS) is 21.8. The standard InChI is InChI=1S/C15H29N3O2.ClH/c1-13-4-9-18(10-5-13)11-8-17-15(19)12-20-14-2-6-16-7-3-14;/h13-14,16H,2-12H2,1H3,(H,17,19);1H. The second-order valence-corrected chi connectivity index (χ2v) is 6.13. The summed E-state index contributed by atoms with van der Waals surface area (Å²) in [7, 11) is 0. The van der Waals surface area contributed by atoms with Gasteiger partial charge in [0.1, 0.15) is 6.61 Å². The van der Waals surface area contributed by atoms with E-state index >= 15 is 0 Å². The van der Waals surface area contributed by atoms with Crippen molar-refractivity contribution in [1.29, 1.82) is 0 Å². The summed E-state index contributed by atoms with van der Waals surface area (Å²) >= 11 is 0. The van der Waals surface area contributed by atoms with Gasteiger partial charge in [0.15, 0.2) is 0 Å². The zero-order valence-corrected chi connectivity index (χ0v) is 13.9. The molecule has 0 bridgehead atoms. The maximum Gasteiger partial charge on any atom is 0.246 e. The van der Waals surface area contributed by atoms with Crippen molar-refractivity contribution in [2.75, 3.05) is 45.9 Å². The zero-order chi connectivity index (χ0) is 14.2. The van der Waals surface area contributed by atoms with Crippen molar-refractivity contribution in [3.05, 3.63) is 0 Å². The third-order valence-electron chi connectivity index (χ3n) is 4.36. The van der Waals surface area contributed by atoms with Crippen molar-refractivity contribution in [1.82, 2.24) is 15.5 Å². The van der Waals surface area contributed by atoms with Gasteiger partial charge in [-0.2, -0.15) is 0 Å². The highest BCUT2D eigenvalue weighted by Crippen LogP contribution is 2.15. The van der Waals surface area contributed by atoms with E-state index in [1.54, 1.807) is 0 Å². The van der Waals surface area contributed by atoms with Crippen LogP contribution in [0.1, 0.15) is 32.6 Å². The summed E-state index contributed by atoms with van der Waals surface area (Å²) in [4.78, 5) is 14.1. The van der Waals surface area contributed by atoms with Gasteiger partial charge in [0.25, 0.3) is 0 Å². The molecule has 2 heterocycles. The van der Waals surface area contributed by atoms with Crippen molar-refractivity contribution >= 4 is 18.3 Å². The SMILES string of the molecule is CC1CCN(CCNC(=O)COC2CCNCC2)CC1.Cl. The smallest absolute Gasteiger partial charge is 0.246 e. The minimum Gasteiger partial charge on any atom is -0.368 e. The highest BCUT2D eigenvalue weighted by atomic mass is 35.5. The third-order valence-corrected chi connectivity index (χ3v) is 4.36. The molecule has 0 aliphatic carbocycles. The lowest BCUT2D eigenvalue weighted by molar-refractivity contribution is -0.128. The summed E-state index contributed by atoms with van der Waals surface area (Å²) in [5, 5.41) is 6.25. The molecule has 0 atom stereocenters. The first kappa shape index (κ1) is 18.7. The second-order valence-electron chi connectivity index (χ2n) is 6.13. The number of ether oxygens (including phenoxy) is 1. The van der Waals surface area contributed by atoms with Gasteiger partial charge in [0, 0.05) is 13.1 Å². The predicted molar refractivity (Wildman–Crippen MR) is 86.9 cm³/mol. The van der Waals surface area contributed by atoms with Crippen LogP contribution in [0.25, 0.3) is 0 Å². The molecule has 2 fully saturated rings. The Hall–Kier alpha value is -0.360. The minimum atomic E-state index is 0. The van der Waals surface area contributed by atoms with Gasteiger partial charge in [-0.25, -0.2) is 0 Å². The molecule has 0 unspecified atom stereocenters. The highest BCUT2D eigenvalue weighted by Gasteiger charge is 2.16. The Labute approximate surface area is 134 Å². The topological polar surface area (TPSA) is 53.6 Å². The Morgan fingerprint density at radius 1 is 1.24 bits per heavy atom. The number of hydrogen-bond donors (Lipinski definition) is 2. The third kappa shape index (κ3) is 7.45. The van der Waals surface area contributed by atoms with Crippen LogP contribution in [0.5, 0.6) is 0 Å². The number of nitrogens with one attached hydrogen (secondary N) is 2. The molecular weight excluding hydrogens is 290 g/mol. The molecule has 0 spiro atoms. The van der Waals surface area contributed by atoms with Crippen molar-refractivity contribution < 1.29 is 9.53 Å². The lowest BCUT2D eigenvalue weighted by Gasteiger charge is -2.30. The summed E-state index contributed by atoms with van der Waals surface area (Å²) in [6, 6.07) is 0. The fraction of sp³-hybridized carbons (Fsp3) is 0.933. The first-order valence-corrected chi connectivity index (χ1v) is 8.05. The highest BCUT2D eigenvalue weighted by molar-refractivity contribution is 5.85. The summed E-state index contributed by atoms with van der Waals surface area (Å²) in [5.74, 6) is 0.883.